The van der Waals surface area contributed by atoms with Crippen LogP contribution in [0, 0.1) is 0 Å². The molecule has 0 aromatic rings. The molecule has 0 N–H and O–H groups in total. The summed E-state index contributed by atoms with van der Waals surface area (Å²) in [7, 11) is 1.55. The van der Waals surface area contributed by atoms with Crippen LogP contribution in [0.15, 0.2) is 0 Å². The fraction of sp³-hybridized carbons (Fsp3) is 1.00. The molecule has 0 radical (unpaired) electrons. The average molecular weight is 256 g/mol. The van der Waals surface area contributed by atoms with Gasteiger partial charge in [0.25, 0.3) is 0 Å². The maximum Gasteiger partial charge on any atom is 0.244 e. The lowest BCUT2D eigenvalue weighted by Gasteiger charge is -2.29. The molecule has 1 unspecified atom stereocenters. The lowest BCUT2D eigenvalue weighted by atomic mass is 10.0. The molecule has 0 rings (SSSR count). The minimum atomic E-state index is -2.32. The van der Waals surface area contributed by atoms with Crippen LogP contribution >= 0.6 is 17.9 Å². The molecule has 14 heavy (non-hydrogen) atoms. The maximum atomic E-state index is 5.69. The highest BCUT2D eigenvalue weighted by atomic mass is 32.9. The fourth-order valence-electron chi connectivity index (χ4n) is 1.20. The van der Waals surface area contributed by atoms with Crippen molar-refractivity contribution in [3.05, 3.63) is 0 Å². The first-order valence-corrected chi connectivity index (χ1v) is 8.71. The third-order valence-electron chi connectivity index (χ3n) is 1.98. The van der Waals surface area contributed by atoms with Gasteiger partial charge in [0.15, 0.2) is 0 Å². The Morgan fingerprint density at radius 3 is 2.36 bits per heavy atom. The Labute approximate surface area is 98.1 Å². The molecule has 5 heteroatoms. The Kier molecular flexibility index (Phi) is 6.92. The molecular weight excluding hydrogens is 235 g/mol. The molecule has 0 aromatic heterocycles. The fourth-order valence-corrected chi connectivity index (χ4v) is 3.25. The van der Waals surface area contributed by atoms with Crippen molar-refractivity contribution in [2.45, 2.75) is 52.1 Å². The van der Waals surface area contributed by atoms with Crippen LogP contribution in [-0.2, 0) is 20.9 Å². The molecule has 2 nitrogen and oxygen atoms in total. The van der Waals surface area contributed by atoms with Crippen molar-refractivity contribution in [3.8, 4) is 0 Å². The molecule has 0 aliphatic carbocycles. The summed E-state index contributed by atoms with van der Waals surface area (Å²) >= 11 is 9.31. The van der Waals surface area contributed by atoms with E-state index in [2.05, 4.69) is 19.2 Å². The van der Waals surface area contributed by atoms with Crippen molar-refractivity contribution < 1.29 is 9.05 Å². The zero-order chi connectivity index (χ0) is 11.2. The summed E-state index contributed by atoms with van der Waals surface area (Å²) in [6.07, 6.45) is 4.62. The topological polar surface area (TPSA) is 18.5 Å². The summed E-state index contributed by atoms with van der Waals surface area (Å²) < 4.78 is 10.7. The standard InChI is InChI=1S/C9H21O2PS2/c1-5-6-7-8-9(2,3)11-12(13,14)10-4/h5-8H2,1-4H3,(H,13,14). The Morgan fingerprint density at radius 2 is 1.93 bits per heavy atom. The molecule has 0 aliphatic rings. The quantitative estimate of drug-likeness (QED) is 0.419. The Bertz CT molecular complexity index is 207. The van der Waals surface area contributed by atoms with Gasteiger partial charge in [0.2, 0.25) is 5.69 Å². The smallest absolute Gasteiger partial charge is 0.244 e. The van der Waals surface area contributed by atoms with E-state index in [0.29, 0.717) is 0 Å². The molecule has 1 atom stereocenters. The summed E-state index contributed by atoms with van der Waals surface area (Å²) in [6.45, 7) is 6.27. The molecule has 0 fully saturated rings. The van der Waals surface area contributed by atoms with Gasteiger partial charge in [0, 0.05) is 7.11 Å². The molecule has 86 valence electrons. The summed E-state index contributed by atoms with van der Waals surface area (Å²) in [4.78, 5) is 0. The van der Waals surface area contributed by atoms with Crippen molar-refractivity contribution in [2.24, 2.45) is 0 Å². The van der Waals surface area contributed by atoms with E-state index in [1.165, 1.54) is 12.8 Å². The van der Waals surface area contributed by atoms with Crippen LogP contribution in [0.5, 0.6) is 0 Å². The van der Waals surface area contributed by atoms with E-state index in [-0.39, 0.29) is 5.60 Å². The van der Waals surface area contributed by atoms with Crippen molar-refractivity contribution >= 4 is 29.7 Å². The van der Waals surface area contributed by atoms with Crippen LogP contribution in [0.25, 0.3) is 0 Å². The second kappa shape index (κ2) is 6.49. The summed E-state index contributed by atoms with van der Waals surface area (Å²) in [5.74, 6) is 0. The zero-order valence-corrected chi connectivity index (χ0v) is 12.1. The number of rotatable bonds is 7. The van der Waals surface area contributed by atoms with E-state index in [1.54, 1.807) is 7.11 Å². The van der Waals surface area contributed by atoms with Crippen molar-refractivity contribution in [3.63, 3.8) is 0 Å². The lowest BCUT2D eigenvalue weighted by molar-refractivity contribution is 0.0983. The predicted octanol–water partition coefficient (Wildman–Crippen LogP) is 4.16. The van der Waals surface area contributed by atoms with Crippen LogP contribution in [0.4, 0.5) is 0 Å². The van der Waals surface area contributed by atoms with Gasteiger partial charge in [0.1, 0.15) is 0 Å². The highest BCUT2D eigenvalue weighted by Crippen LogP contribution is 2.56. The van der Waals surface area contributed by atoms with Crippen molar-refractivity contribution in [1.29, 1.82) is 0 Å². The predicted molar refractivity (Wildman–Crippen MR) is 69.6 cm³/mol. The third kappa shape index (κ3) is 7.24. The first kappa shape index (κ1) is 14.9. The van der Waals surface area contributed by atoms with E-state index in [9.17, 15) is 0 Å². The minimum Gasteiger partial charge on any atom is -0.325 e. The highest BCUT2D eigenvalue weighted by molar-refractivity contribution is 8.60. The van der Waals surface area contributed by atoms with Gasteiger partial charge in [-0.15, -0.1) is 0 Å². The summed E-state index contributed by atoms with van der Waals surface area (Å²) in [5, 5.41) is 0. The highest BCUT2D eigenvalue weighted by Gasteiger charge is 2.25. The van der Waals surface area contributed by atoms with Crippen LogP contribution in [0.1, 0.15) is 46.5 Å². The Morgan fingerprint density at radius 1 is 1.36 bits per heavy atom. The average Bonchev–Trinajstić information content (AvgIpc) is 2.03. The van der Waals surface area contributed by atoms with Crippen molar-refractivity contribution in [2.75, 3.05) is 7.11 Å². The van der Waals surface area contributed by atoms with Gasteiger partial charge in [-0.25, -0.2) is 0 Å². The van der Waals surface area contributed by atoms with Crippen LogP contribution in [-0.4, -0.2) is 12.7 Å². The van der Waals surface area contributed by atoms with Gasteiger partial charge < -0.3 is 9.05 Å². The summed E-state index contributed by atoms with van der Waals surface area (Å²) in [6, 6.07) is 0. The number of unbranched alkanes of at least 4 members (excludes halogenated alkanes) is 2. The van der Waals surface area contributed by atoms with E-state index < -0.39 is 5.69 Å². The first-order chi connectivity index (χ1) is 6.33. The van der Waals surface area contributed by atoms with E-state index in [0.717, 1.165) is 12.8 Å². The van der Waals surface area contributed by atoms with Crippen LogP contribution < -0.4 is 0 Å². The molecule has 0 aromatic carbocycles. The molecule has 0 spiro atoms. The summed E-state index contributed by atoms with van der Waals surface area (Å²) in [5.41, 5.74) is -2.54. The number of hydrogen-bond acceptors (Lipinski definition) is 3. The molecule has 0 bridgehead atoms. The first-order valence-electron chi connectivity index (χ1n) is 4.92. The Balaban J connectivity index is 4.00. The van der Waals surface area contributed by atoms with Gasteiger partial charge in [-0.3, -0.25) is 0 Å². The normalized spacial score (nSPS) is 16.6. The molecule has 0 saturated carbocycles. The molecular formula is C9H21O2PS2. The SMILES string of the molecule is CCCCCC(C)(C)OP(=S)(S)OC. The molecule has 0 aliphatic heterocycles. The molecule has 0 amide bonds. The van der Waals surface area contributed by atoms with E-state index in [1.807, 2.05) is 13.8 Å². The van der Waals surface area contributed by atoms with E-state index in [4.69, 9.17) is 20.9 Å². The van der Waals surface area contributed by atoms with Gasteiger partial charge in [0.05, 0.1) is 5.60 Å². The third-order valence-corrected chi connectivity index (χ3v) is 4.57. The van der Waals surface area contributed by atoms with Gasteiger partial charge in [-0.05, 0) is 32.1 Å². The zero-order valence-electron chi connectivity index (χ0n) is 9.45. The van der Waals surface area contributed by atoms with Gasteiger partial charge in [-0.1, -0.05) is 38.4 Å². The van der Waals surface area contributed by atoms with Crippen LogP contribution in [0.3, 0.4) is 0 Å². The molecule has 0 saturated heterocycles. The second-order valence-electron chi connectivity index (χ2n) is 3.96. The Hall–Kier alpha value is 0.920. The number of hydrogen-bond donors (Lipinski definition) is 1. The largest absolute Gasteiger partial charge is 0.325 e. The second-order valence-corrected chi connectivity index (χ2v) is 9.28. The van der Waals surface area contributed by atoms with Crippen LogP contribution in [0.2, 0.25) is 0 Å². The number of thiol groups is 1. The minimum absolute atomic E-state index is 0.220. The monoisotopic (exact) mass is 256 g/mol. The lowest BCUT2D eigenvalue weighted by Crippen LogP contribution is -2.22. The molecule has 0 heterocycles. The van der Waals surface area contributed by atoms with Gasteiger partial charge in [-0.2, -0.15) is 0 Å². The maximum absolute atomic E-state index is 5.69. The van der Waals surface area contributed by atoms with E-state index >= 15 is 0 Å². The van der Waals surface area contributed by atoms with Crippen molar-refractivity contribution in [1.82, 2.24) is 0 Å². The van der Waals surface area contributed by atoms with Gasteiger partial charge >= 0.3 is 0 Å².